The summed E-state index contributed by atoms with van der Waals surface area (Å²) in [6.07, 6.45) is 0. The van der Waals surface area contributed by atoms with Gasteiger partial charge >= 0.3 is 0 Å². The van der Waals surface area contributed by atoms with Gasteiger partial charge in [0.1, 0.15) is 21.5 Å². The van der Waals surface area contributed by atoms with E-state index < -0.39 is 5.82 Å². The van der Waals surface area contributed by atoms with Gasteiger partial charge in [0.05, 0.1) is 0 Å². The first-order valence-corrected chi connectivity index (χ1v) is 3.34. The molecule has 1 aromatic rings. The Bertz CT molecular complexity index is 268. The SMILES string of the molecule is [B]c1cc(C)c([B])c(F)c1C. The molecule has 0 nitrogen and oxygen atoms in total. The van der Waals surface area contributed by atoms with E-state index in [2.05, 4.69) is 0 Å². The van der Waals surface area contributed by atoms with Gasteiger partial charge in [-0.15, -0.1) is 0 Å². The van der Waals surface area contributed by atoms with E-state index >= 15 is 0 Å². The molecule has 0 bridgehead atoms. The highest BCUT2D eigenvalue weighted by Gasteiger charge is 2.05. The van der Waals surface area contributed by atoms with Crippen LogP contribution in [0.5, 0.6) is 0 Å². The van der Waals surface area contributed by atoms with Crippen molar-refractivity contribution >= 4 is 26.6 Å². The van der Waals surface area contributed by atoms with Gasteiger partial charge in [-0.3, -0.25) is 0 Å². The molecule has 0 saturated carbocycles. The first kappa shape index (κ1) is 8.38. The molecule has 0 unspecified atom stereocenters. The third-order valence-electron chi connectivity index (χ3n) is 1.80. The Morgan fingerprint density at radius 3 is 2.36 bits per heavy atom. The van der Waals surface area contributed by atoms with Crippen LogP contribution < -0.4 is 10.9 Å². The smallest absolute Gasteiger partial charge is 0.118 e. The van der Waals surface area contributed by atoms with Crippen LogP contribution in [0.25, 0.3) is 0 Å². The molecule has 0 spiro atoms. The Hall–Kier alpha value is -0.720. The van der Waals surface area contributed by atoms with Gasteiger partial charge in [-0.25, -0.2) is 4.39 Å². The first-order chi connectivity index (χ1) is 5.04. The zero-order valence-corrected chi connectivity index (χ0v) is 6.61. The summed E-state index contributed by atoms with van der Waals surface area (Å²) in [5.41, 5.74) is 1.75. The maximum atomic E-state index is 13.0. The van der Waals surface area contributed by atoms with Gasteiger partial charge in [-0.2, -0.15) is 0 Å². The van der Waals surface area contributed by atoms with Crippen molar-refractivity contribution < 1.29 is 4.39 Å². The van der Waals surface area contributed by atoms with Crippen molar-refractivity contribution in [2.75, 3.05) is 0 Å². The Morgan fingerprint density at radius 1 is 1.27 bits per heavy atom. The van der Waals surface area contributed by atoms with Crippen LogP contribution in [0.2, 0.25) is 0 Å². The summed E-state index contributed by atoms with van der Waals surface area (Å²) < 4.78 is 13.0. The molecule has 1 aromatic carbocycles. The fraction of sp³-hybridized carbons (Fsp3) is 0.250. The summed E-state index contributed by atoms with van der Waals surface area (Å²) in [5.74, 6) is -0.400. The van der Waals surface area contributed by atoms with Crippen molar-refractivity contribution in [1.82, 2.24) is 0 Å². The van der Waals surface area contributed by atoms with Crippen LogP contribution in [0.1, 0.15) is 11.1 Å². The summed E-state index contributed by atoms with van der Waals surface area (Å²) in [4.78, 5) is 0. The van der Waals surface area contributed by atoms with E-state index in [1.807, 2.05) is 0 Å². The number of hydrogen-bond acceptors (Lipinski definition) is 0. The standard InChI is InChI=1S/C8H7B2F/c1-4-3-6(9)5(2)8(11)7(4)10/h3H,1-2H3. The van der Waals surface area contributed by atoms with Crippen molar-refractivity contribution in [3.63, 3.8) is 0 Å². The molecule has 0 aromatic heterocycles. The third-order valence-corrected chi connectivity index (χ3v) is 1.80. The highest BCUT2D eigenvalue weighted by atomic mass is 19.1. The van der Waals surface area contributed by atoms with Gasteiger partial charge in [0, 0.05) is 0 Å². The molecule has 0 atom stereocenters. The number of halogens is 1. The van der Waals surface area contributed by atoms with Crippen LogP contribution in [-0.4, -0.2) is 15.7 Å². The first-order valence-electron chi connectivity index (χ1n) is 3.34. The zero-order chi connectivity index (χ0) is 8.59. The van der Waals surface area contributed by atoms with Crippen LogP contribution in [0.15, 0.2) is 6.07 Å². The molecule has 0 aliphatic heterocycles. The summed E-state index contributed by atoms with van der Waals surface area (Å²) >= 11 is 0. The van der Waals surface area contributed by atoms with Crippen molar-refractivity contribution in [3.05, 3.63) is 23.0 Å². The van der Waals surface area contributed by atoms with E-state index in [-0.39, 0.29) is 5.46 Å². The molecule has 0 saturated heterocycles. The molecule has 0 amide bonds. The van der Waals surface area contributed by atoms with E-state index in [0.717, 1.165) is 0 Å². The zero-order valence-electron chi connectivity index (χ0n) is 6.61. The second-order valence-electron chi connectivity index (χ2n) is 2.64. The molecule has 11 heavy (non-hydrogen) atoms. The Labute approximate surface area is 68.6 Å². The van der Waals surface area contributed by atoms with Crippen LogP contribution in [0.3, 0.4) is 0 Å². The largest absolute Gasteiger partial charge is 0.207 e. The summed E-state index contributed by atoms with van der Waals surface area (Å²) in [6, 6.07) is 1.67. The molecule has 3 heteroatoms. The molecular weight excluding hydrogens is 137 g/mol. The van der Waals surface area contributed by atoms with Gasteiger partial charge in [-0.05, 0) is 19.4 Å². The second-order valence-corrected chi connectivity index (χ2v) is 2.64. The summed E-state index contributed by atoms with van der Waals surface area (Å²) in [6.45, 7) is 3.34. The molecule has 52 valence electrons. The van der Waals surface area contributed by atoms with E-state index in [0.29, 0.717) is 16.6 Å². The van der Waals surface area contributed by atoms with Crippen molar-refractivity contribution in [2.45, 2.75) is 13.8 Å². The Balaban J connectivity index is 3.46. The van der Waals surface area contributed by atoms with Crippen molar-refractivity contribution in [3.8, 4) is 0 Å². The maximum absolute atomic E-state index is 13.0. The topological polar surface area (TPSA) is 0 Å². The summed E-state index contributed by atoms with van der Waals surface area (Å²) in [7, 11) is 10.9. The minimum absolute atomic E-state index is 0.191. The van der Waals surface area contributed by atoms with Gasteiger partial charge in [0.15, 0.2) is 0 Å². The fourth-order valence-electron chi connectivity index (χ4n) is 0.921. The Kier molecular flexibility index (Phi) is 2.08. The van der Waals surface area contributed by atoms with Crippen LogP contribution in [-0.2, 0) is 0 Å². The van der Waals surface area contributed by atoms with Crippen LogP contribution in [0.4, 0.5) is 4.39 Å². The highest BCUT2D eigenvalue weighted by molar-refractivity contribution is 6.37. The van der Waals surface area contributed by atoms with Crippen LogP contribution >= 0.6 is 0 Å². The molecule has 0 heterocycles. The lowest BCUT2D eigenvalue weighted by atomic mass is 9.81. The predicted octanol–water partition coefficient (Wildman–Crippen LogP) is 0.0301. The van der Waals surface area contributed by atoms with E-state index in [9.17, 15) is 4.39 Å². The molecule has 0 aliphatic rings. The number of benzene rings is 1. The van der Waals surface area contributed by atoms with Crippen molar-refractivity contribution in [1.29, 1.82) is 0 Å². The lowest BCUT2D eigenvalue weighted by Crippen LogP contribution is -2.22. The quantitative estimate of drug-likeness (QED) is 0.450. The normalized spacial score (nSPS) is 10.1. The summed E-state index contributed by atoms with van der Waals surface area (Å²) in [5, 5.41) is 0. The van der Waals surface area contributed by atoms with E-state index in [1.54, 1.807) is 19.9 Å². The monoisotopic (exact) mass is 144 g/mol. The average molecular weight is 144 g/mol. The molecule has 0 N–H and O–H groups in total. The van der Waals surface area contributed by atoms with Gasteiger partial charge in [-0.1, -0.05) is 22.6 Å². The van der Waals surface area contributed by atoms with Gasteiger partial charge < -0.3 is 0 Å². The minimum atomic E-state index is -0.400. The molecule has 4 radical (unpaired) electrons. The molecule has 0 fully saturated rings. The Morgan fingerprint density at radius 2 is 1.82 bits per heavy atom. The lowest BCUT2D eigenvalue weighted by molar-refractivity contribution is 0.627. The van der Waals surface area contributed by atoms with Gasteiger partial charge in [0.25, 0.3) is 0 Å². The average Bonchev–Trinajstić information content (AvgIpc) is 1.97. The highest BCUT2D eigenvalue weighted by Crippen LogP contribution is 2.01. The lowest BCUT2D eigenvalue weighted by Gasteiger charge is -2.08. The third kappa shape index (κ3) is 1.32. The van der Waals surface area contributed by atoms with Gasteiger partial charge in [0.2, 0.25) is 0 Å². The predicted molar refractivity (Wildman–Crippen MR) is 46.7 cm³/mol. The van der Waals surface area contributed by atoms with E-state index in [4.69, 9.17) is 15.7 Å². The minimum Gasteiger partial charge on any atom is -0.207 e. The number of rotatable bonds is 0. The number of hydrogen-bond donors (Lipinski definition) is 0. The fourth-order valence-corrected chi connectivity index (χ4v) is 0.921. The maximum Gasteiger partial charge on any atom is 0.118 e. The molecule has 1 rings (SSSR count). The molecular formula is C8H7B2F. The molecule has 0 aliphatic carbocycles. The van der Waals surface area contributed by atoms with Crippen molar-refractivity contribution in [2.24, 2.45) is 0 Å². The van der Waals surface area contributed by atoms with Crippen LogP contribution in [0, 0.1) is 19.7 Å². The van der Waals surface area contributed by atoms with E-state index in [1.165, 1.54) is 0 Å². The number of aryl methyl sites for hydroxylation is 1. The second kappa shape index (κ2) is 2.72.